The minimum Gasteiger partial charge on any atom is -0.463 e. The zero-order chi connectivity index (χ0) is 15.5. The SMILES string of the molecule is CCOC(=O)/C=C/[C@@H](CC)[C@H](O)COCc1ccccc1. The van der Waals surface area contributed by atoms with Gasteiger partial charge in [0.05, 0.1) is 25.9 Å². The van der Waals surface area contributed by atoms with Gasteiger partial charge in [-0.1, -0.05) is 43.3 Å². The van der Waals surface area contributed by atoms with Crippen molar-refractivity contribution in [1.29, 1.82) is 0 Å². The molecule has 4 nitrogen and oxygen atoms in total. The maximum atomic E-state index is 11.3. The molecule has 2 atom stereocenters. The van der Waals surface area contributed by atoms with Gasteiger partial charge in [-0.2, -0.15) is 0 Å². The van der Waals surface area contributed by atoms with Gasteiger partial charge in [0, 0.05) is 12.0 Å². The molecular formula is C17H24O4. The van der Waals surface area contributed by atoms with Gasteiger partial charge in [-0.3, -0.25) is 0 Å². The molecular weight excluding hydrogens is 268 g/mol. The molecule has 0 aliphatic carbocycles. The van der Waals surface area contributed by atoms with E-state index >= 15 is 0 Å². The van der Waals surface area contributed by atoms with Crippen LogP contribution in [0.4, 0.5) is 0 Å². The van der Waals surface area contributed by atoms with Gasteiger partial charge in [-0.25, -0.2) is 4.79 Å². The van der Waals surface area contributed by atoms with Crippen LogP contribution in [-0.2, 0) is 20.9 Å². The third-order valence-corrected chi connectivity index (χ3v) is 3.13. The van der Waals surface area contributed by atoms with Crippen LogP contribution in [0.15, 0.2) is 42.5 Å². The minimum absolute atomic E-state index is 0.120. The lowest BCUT2D eigenvalue weighted by Gasteiger charge is -2.18. The molecule has 21 heavy (non-hydrogen) atoms. The predicted octanol–water partition coefficient (Wildman–Crippen LogP) is 2.71. The Labute approximate surface area is 126 Å². The van der Waals surface area contributed by atoms with Crippen LogP contribution in [0.3, 0.4) is 0 Å². The highest BCUT2D eigenvalue weighted by molar-refractivity contribution is 5.81. The van der Waals surface area contributed by atoms with Gasteiger partial charge in [0.15, 0.2) is 0 Å². The Balaban J connectivity index is 2.37. The van der Waals surface area contributed by atoms with Crippen molar-refractivity contribution in [3.8, 4) is 0 Å². The Morgan fingerprint density at radius 1 is 1.29 bits per heavy atom. The lowest BCUT2D eigenvalue weighted by molar-refractivity contribution is -0.137. The molecule has 1 aromatic carbocycles. The van der Waals surface area contributed by atoms with Crippen LogP contribution in [0.1, 0.15) is 25.8 Å². The van der Waals surface area contributed by atoms with Crippen molar-refractivity contribution in [3.63, 3.8) is 0 Å². The molecule has 0 fully saturated rings. The molecule has 1 N–H and O–H groups in total. The Hall–Kier alpha value is -1.65. The number of aliphatic hydroxyl groups is 1. The summed E-state index contributed by atoms with van der Waals surface area (Å²) in [4.78, 5) is 11.3. The Morgan fingerprint density at radius 3 is 2.62 bits per heavy atom. The van der Waals surface area contributed by atoms with E-state index in [9.17, 15) is 9.90 Å². The number of hydrogen-bond acceptors (Lipinski definition) is 4. The van der Waals surface area contributed by atoms with Crippen LogP contribution in [0, 0.1) is 5.92 Å². The Bertz CT molecular complexity index is 428. The van der Waals surface area contributed by atoms with E-state index in [0.717, 1.165) is 12.0 Å². The molecule has 0 radical (unpaired) electrons. The zero-order valence-electron chi connectivity index (χ0n) is 12.7. The molecule has 4 heteroatoms. The average Bonchev–Trinajstić information content (AvgIpc) is 2.49. The number of aliphatic hydroxyl groups excluding tert-OH is 1. The molecule has 0 aliphatic rings. The van der Waals surface area contributed by atoms with E-state index in [2.05, 4.69) is 0 Å². The van der Waals surface area contributed by atoms with E-state index in [-0.39, 0.29) is 18.5 Å². The molecule has 0 heterocycles. The standard InChI is InChI=1S/C17H24O4/c1-3-15(10-11-17(19)21-4-2)16(18)13-20-12-14-8-6-5-7-9-14/h5-11,15-16,18H,3-4,12-13H2,1-2H3/b11-10+/t15-,16-/m1/s1. The van der Waals surface area contributed by atoms with Gasteiger partial charge in [-0.15, -0.1) is 0 Å². The van der Waals surface area contributed by atoms with Crippen molar-refractivity contribution in [2.75, 3.05) is 13.2 Å². The normalized spacial score (nSPS) is 14.0. The van der Waals surface area contributed by atoms with Crippen molar-refractivity contribution in [2.45, 2.75) is 33.0 Å². The van der Waals surface area contributed by atoms with E-state index in [1.165, 1.54) is 6.08 Å². The summed E-state index contributed by atoms with van der Waals surface area (Å²) < 4.78 is 10.3. The van der Waals surface area contributed by atoms with Gasteiger partial charge in [0.2, 0.25) is 0 Å². The first kappa shape index (κ1) is 17.4. The highest BCUT2D eigenvalue weighted by Crippen LogP contribution is 2.12. The van der Waals surface area contributed by atoms with Crippen LogP contribution in [0.25, 0.3) is 0 Å². The van der Waals surface area contributed by atoms with Crippen molar-refractivity contribution in [1.82, 2.24) is 0 Å². The number of benzene rings is 1. The third kappa shape index (κ3) is 7.06. The third-order valence-electron chi connectivity index (χ3n) is 3.13. The molecule has 0 aliphatic heterocycles. The summed E-state index contributed by atoms with van der Waals surface area (Å²) in [5.41, 5.74) is 1.07. The summed E-state index contributed by atoms with van der Waals surface area (Å²) in [6.45, 7) is 4.77. The topological polar surface area (TPSA) is 55.8 Å². The summed E-state index contributed by atoms with van der Waals surface area (Å²) in [5.74, 6) is -0.501. The molecule has 0 spiro atoms. The summed E-state index contributed by atoms with van der Waals surface area (Å²) >= 11 is 0. The van der Waals surface area contributed by atoms with E-state index in [4.69, 9.17) is 9.47 Å². The number of esters is 1. The monoisotopic (exact) mass is 292 g/mol. The highest BCUT2D eigenvalue weighted by Gasteiger charge is 2.15. The first-order valence-corrected chi connectivity index (χ1v) is 7.32. The van der Waals surface area contributed by atoms with Crippen LogP contribution in [-0.4, -0.2) is 30.4 Å². The lowest BCUT2D eigenvalue weighted by atomic mass is 9.99. The predicted molar refractivity (Wildman–Crippen MR) is 81.7 cm³/mol. The Morgan fingerprint density at radius 2 is 2.00 bits per heavy atom. The molecule has 116 valence electrons. The number of hydrogen-bond donors (Lipinski definition) is 1. The zero-order valence-corrected chi connectivity index (χ0v) is 12.7. The molecule has 1 aromatic rings. The minimum atomic E-state index is -0.635. The second kappa shape index (κ2) is 10.1. The molecule has 0 saturated heterocycles. The average molecular weight is 292 g/mol. The number of rotatable bonds is 9. The van der Waals surface area contributed by atoms with Gasteiger partial charge >= 0.3 is 5.97 Å². The maximum absolute atomic E-state index is 11.3. The largest absolute Gasteiger partial charge is 0.463 e. The van der Waals surface area contributed by atoms with Crippen LogP contribution >= 0.6 is 0 Å². The van der Waals surface area contributed by atoms with Gasteiger partial charge in [0.1, 0.15) is 0 Å². The molecule has 0 aromatic heterocycles. The summed E-state index contributed by atoms with van der Waals surface area (Å²) in [6.07, 6.45) is 3.16. The number of ether oxygens (including phenoxy) is 2. The summed E-state index contributed by atoms with van der Waals surface area (Å²) in [6, 6.07) is 9.80. The first-order chi connectivity index (χ1) is 10.2. The number of carbonyl (C=O) groups is 1. The molecule has 0 amide bonds. The van der Waals surface area contributed by atoms with Crippen LogP contribution in [0.2, 0.25) is 0 Å². The molecule has 1 rings (SSSR count). The van der Waals surface area contributed by atoms with Crippen LogP contribution in [0.5, 0.6) is 0 Å². The quantitative estimate of drug-likeness (QED) is 0.561. The number of carbonyl (C=O) groups excluding carboxylic acids is 1. The van der Waals surface area contributed by atoms with E-state index in [0.29, 0.717) is 13.2 Å². The lowest BCUT2D eigenvalue weighted by Crippen LogP contribution is -2.24. The first-order valence-electron chi connectivity index (χ1n) is 7.32. The summed E-state index contributed by atoms with van der Waals surface area (Å²) in [5, 5.41) is 10.1. The molecule has 0 saturated carbocycles. The smallest absolute Gasteiger partial charge is 0.330 e. The molecule has 0 bridgehead atoms. The fraction of sp³-hybridized carbons (Fsp3) is 0.471. The van der Waals surface area contributed by atoms with Crippen molar-refractivity contribution in [2.24, 2.45) is 5.92 Å². The van der Waals surface area contributed by atoms with E-state index in [1.807, 2.05) is 37.3 Å². The molecule has 0 unspecified atom stereocenters. The van der Waals surface area contributed by atoms with Crippen molar-refractivity contribution < 1.29 is 19.4 Å². The van der Waals surface area contributed by atoms with E-state index < -0.39 is 6.10 Å². The van der Waals surface area contributed by atoms with Crippen molar-refractivity contribution in [3.05, 3.63) is 48.0 Å². The summed E-state index contributed by atoms with van der Waals surface area (Å²) in [7, 11) is 0. The Kier molecular flexibility index (Phi) is 8.40. The van der Waals surface area contributed by atoms with Crippen LogP contribution < -0.4 is 0 Å². The highest BCUT2D eigenvalue weighted by atomic mass is 16.5. The second-order valence-electron chi connectivity index (χ2n) is 4.75. The van der Waals surface area contributed by atoms with Gasteiger partial charge in [-0.05, 0) is 18.9 Å². The fourth-order valence-electron chi connectivity index (χ4n) is 1.92. The second-order valence-corrected chi connectivity index (χ2v) is 4.75. The van der Waals surface area contributed by atoms with Crippen molar-refractivity contribution >= 4 is 5.97 Å². The van der Waals surface area contributed by atoms with Gasteiger partial charge in [0.25, 0.3) is 0 Å². The maximum Gasteiger partial charge on any atom is 0.330 e. The fourth-order valence-corrected chi connectivity index (χ4v) is 1.92. The van der Waals surface area contributed by atoms with E-state index in [1.54, 1.807) is 13.0 Å². The van der Waals surface area contributed by atoms with Gasteiger partial charge < -0.3 is 14.6 Å².